The minimum absolute atomic E-state index is 0.0868. The zero-order valence-corrected chi connectivity index (χ0v) is 11.7. The van der Waals surface area contributed by atoms with Crippen LogP contribution in [-0.4, -0.2) is 19.2 Å². The van der Waals surface area contributed by atoms with Crippen LogP contribution in [0.2, 0.25) is 0 Å². The maximum atomic E-state index is 13.7. The molecule has 0 aromatic heterocycles. The summed E-state index contributed by atoms with van der Waals surface area (Å²) in [6.07, 6.45) is 0. The van der Waals surface area contributed by atoms with Gasteiger partial charge in [0.25, 0.3) is 0 Å². The predicted octanol–water partition coefficient (Wildman–Crippen LogP) is 3.71. The van der Waals surface area contributed by atoms with Crippen LogP contribution in [0.25, 0.3) is 0 Å². The highest BCUT2D eigenvalue weighted by Gasteiger charge is 2.29. The van der Waals surface area contributed by atoms with Crippen LogP contribution in [0.1, 0.15) is 20.8 Å². The van der Waals surface area contributed by atoms with Gasteiger partial charge in [0.2, 0.25) is 0 Å². The minimum atomic E-state index is -1.27. The van der Waals surface area contributed by atoms with Gasteiger partial charge in [0.1, 0.15) is 0 Å². The minimum Gasteiger partial charge on any atom is -0.436 e. The number of benzene rings is 1. The number of hydrogen-bond acceptors (Lipinski definition) is 3. The van der Waals surface area contributed by atoms with Gasteiger partial charge in [-0.05, 0) is 41.9 Å². The molecule has 0 spiro atoms. The molecular weight excluding hydrogens is 291 g/mol. The van der Waals surface area contributed by atoms with Crippen molar-refractivity contribution in [2.24, 2.45) is 0 Å². The van der Waals surface area contributed by atoms with Gasteiger partial charge in [0, 0.05) is 6.92 Å². The van der Waals surface area contributed by atoms with Crippen molar-refractivity contribution in [1.82, 2.24) is 0 Å². The third kappa shape index (κ3) is 3.94. The van der Waals surface area contributed by atoms with E-state index in [1.807, 2.05) is 13.8 Å². The fraction of sp³-hybridized carbons (Fsp3) is 0.500. The highest BCUT2D eigenvalue weighted by Crippen LogP contribution is 2.28. The molecule has 0 radical (unpaired) electrons. The predicted molar refractivity (Wildman–Crippen MR) is 66.4 cm³/mol. The average Bonchev–Trinajstić information content (AvgIpc) is 2.25. The molecule has 3 nitrogen and oxygen atoms in total. The van der Waals surface area contributed by atoms with Crippen LogP contribution in [0.5, 0.6) is 5.75 Å². The largest absolute Gasteiger partial charge is 0.436 e. The standard InChI is InChI=1S/C12H16BrFO3/c1-4-15-12(3,16-5-2)17-10-8-6-7-9(13)11(10)14/h6-8H,4-5H2,1-3H3. The third-order valence-electron chi connectivity index (χ3n) is 2.02. The van der Waals surface area contributed by atoms with Crippen molar-refractivity contribution in [1.29, 1.82) is 0 Å². The maximum Gasteiger partial charge on any atom is 0.323 e. The smallest absolute Gasteiger partial charge is 0.323 e. The SMILES string of the molecule is CCOC(C)(OCC)Oc1cccc(Br)c1F. The summed E-state index contributed by atoms with van der Waals surface area (Å²) in [4.78, 5) is 0. The molecule has 0 amide bonds. The number of halogens is 2. The van der Waals surface area contributed by atoms with Gasteiger partial charge < -0.3 is 14.2 Å². The molecule has 0 aliphatic rings. The highest BCUT2D eigenvalue weighted by atomic mass is 79.9. The second-order valence-electron chi connectivity index (χ2n) is 3.38. The quantitative estimate of drug-likeness (QED) is 0.750. The summed E-state index contributed by atoms with van der Waals surface area (Å²) in [5, 5.41) is 0. The fourth-order valence-electron chi connectivity index (χ4n) is 1.39. The fourth-order valence-corrected chi connectivity index (χ4v) is 1.74. The molecule has 96 valence electrons. The lowest BCUT2D eigenvalue weighted by Crippen LogP contribution is -2.39. The highest BCUT2D eigenvalue weighted by molar-refractivity contribution is 9.10. The molecule has 0 saturated carbocycles. The normalized spacial score (nSPS) is 11.6. The molecule has 17 heavy (non-hydrogen) atoms. The Labute approximate surface area is 109 Å². The Hall–Kier alpha value is -0.650. The Morgan fingerprint density at radius 2 is 1.82 bits per heavy atom. The molecule has 1 aromatic rings. The lowest BCUT2D eigenvalue weighted by Gasteiger charge is -2.29. The lowest BCUT2D eigenvalue weighted by atomic mass is 10.3. The van der Waals surface area contributed by atoms with E-state index < -0.39 is 11.8 Å². The van der Waals surface area contributed by atoms with Crippen molar-refractivity contribution < 1.29 is 18.6 Å². The van der Waals surface area contributed by atoms with Crippen LogP contribution >= 0.6 is 15.9 Å². The summed E-state index contributed by atoms with van der Waals surface area (Å²) in [6.45, 7) is 6.06. The molecule has 0 aliphatic heterocycles. The molecule has 1 aromatic carbocycles. The van der Waals surface area contributed by atoms with Crippen LogP contribution in [0, 0.1) is 5.82 Å². The second-order valence-corrected chi connectivity index (χ2v) is 4.24. The van der Waals surface area contributed by atoms with Crippen LogP contribution in [0.4, 0.5) is 4.39 Å². The van der Waals surface area contributed by atoms with E-state index in [2.05, 4.69) is 15.9 Å². The molecular formula is C12H16BrFO3. The van der Waals surface area contributed by atoms with Crippen LogP contribution in [-0.2, 0) is 9.47 Å². The van der Waals surface area contributed by atoms with Gasteiger partial charge in [-0.3, -0.25) is 0 Å². The average molecular weight is 307 g/mol. The van der Waals surface area contributed by atoms with Crippen molar-refractivity contribution in [3.05, 3.63) is 28.5 Å². The van der Waals surface area contributed by atoms with E-state index in [0.717, 1.165) is 0 Å². The van der Waals surface area contributed by atoms with Gasteiger partial charge in [-0.25, -0.2) is 4.39 Å². The summed E-state index contributed by atoms with van der Waals surface area (Å²) in [5.74, 6) is -1.66. The molecule has 0 N–H and O–H groups in total. The van der Waals surface area contributed by atoms with Gasteiger partial charge >= 0.3 is 5.97 Å². The molecule has 5 heteroatoms. The first kappa shape index (κ1) is 14.4. The number of ether oxygens (including phenoxy) is 3. The molecule has 0 aliphatic carbocycles. The summed E-state index contributed by atoms with van der Waals surface area (Å²) in [6, 6.07) is 4.80. The Balaban J connectivity index is 2.89. The van der Waals surface area contributed by atoms with Gasteiger partial charge in [0.05, 0.1) is 17.7 Å². The van der Waals surface area contributed by atoms with Gasteiger partial charge in [0.15, 0.2) is 11.6 Å². The molecule has 0 saturated heterocycles. The Bertz CT molecular complexity index is 365. The summed E-state index contributed by atoms with van der Waals surface area (Å²) < 4.78 is 30.2. The summed E-state index contributed by atoms with van der Waals surface area (Å²) in [7, 11) is 0. The monoisotopic (exact) mass is 306 g/mol. The van der Waals surface area contributed by atoms with Crippen LogP contribution < -0.4 is 4.74 Å². The lowest BCUT2D eigenvalue weighted by molar-refractivity contribution is -0.329. The van der Waals surface area contributed by atoms with E-state index in [1.54, 1.807) is 19.1 Å². The molecule has 0 fully saturated rings. The van der Waals surface area contributed by atoms with E-state index >= 15 is 0 Å². The Morgan fingerprint density at radius 3 is 2.35 bits per heavy atom. The molecule has 0 bridgehead atoms. The van der Waals surface area contributed by atoms with Crippen molar-refractivity contribution in [2.75, 3.05) is 13.2 Å². The van der Waals surface area contributed by atoms with Gasteiger partial charge in [-0.15, -0.1) is 0 Å². The Morgan fingerprint density at radius 1 is 1.24 bits per heavy atom. The molecule has 0 atom stereocenters. The van der Waals surface area contributed by atoms with Gasteiger partial charge in [-0.1, -0.05) is 6.07 Å². The van der Waals surface area contributed by atoms with Gasteiger partial charge in [-0.2, -0.15) is 0 Å². The second kappa shape index (κ2) is 6.33. The van der Waals surface area contributed by atoms with Crippen molar-refractivity contribution in [3.8, 4) is 5.75 Å². The first-order valence-corrected chi connectivity index (χ1v) is 6.22. The van der Waals surface area contributed by atoms with E-state index in [-0.39, 0.29) is 5.75 Å². The van der Waals surface area contributed by atoms with E-state index in [0.29, 0.717) is 17.7 Å². The van der Waals surface area contributed by atoms with E-state index in [1.165, 1.54) is 6.07 Å². The maximum absolute atomic E-state index is 13.7. The van der Waals surface area contributed by atoms with E-state index in [9.17, 15) is 4.39 Å². The number of rotatable bonds is 6. The van der Waals surface area contributed by atoms with Crippen LogP contribution in [0.3, 0.4) is 0 Å². The van der Waals surface area contributed by atoms with Crippen molar-refractivity contribution in [3.63, 3.8) is 0 Å². The molecule has 0 unspecified atom stereocenters. The first-order chi connectivity index (χ1) is 8.02. The summed E-state index contributed by atoms with van der Waals surface area (Å²) in [5.41, 5.74) is 0. The molecule has 0 heterocycles. The van der Waals surface area contributed by atoms with Crippen molar-refractivity contribution >= 4 is 15.9 Å². The zero-order valence-electron chi connectivity index (χ0n) is 10.1. The number of hydrogen-bond donors (Lipinski definition) is 0. The van der Waals surface area contributed by atoms with Crippen molar-refractivity contribution in [2.45, 2.75) is 26.7 Å². The van der Waals surface area contributed by atoms with Crippen LogP contribution in [0.15, 0.2) is 22.7 Å². The Kier molecular flexibility index (Phi) is 5.36. The topological polar surface area (TPSA) is 27.7 Å². The first-order valence-electron chi connectivity index (χ1n) is 5.43. The molecule has 1 rings (SSSR count). The third-order valence-corrected chi connectivity index (χ3v) is 2.64. The zero-order chi connectivity index (χ0) is 12.9. The van der Waals surface area contributed by atoms with E-state index in [4.69, 9.17) is 14.2 Å². The summed E-state index contributed by atoms with van der Waals surface area (Å²) >= 11 is 3.09.